The molecule has 0 fully saturated rings. The Hall–Kier alpha value is -2.63. The molecule has 1 aromatic heterocycles. The van der Waals surface area contributed by atoms with E-state index in [9.17, 15) is 4.79 Å². The Bertz CT molecular complexity index is 610. The predicted octanol–water partition coefficient (Wildman–Crippen LogP) is 2.23. The first-order chi connectivity index (χ1) is 10.1. The van der Waals surface area contributed by atoms with Crippen LogP contribution in [0.1, 0.15) is 17.4 Å². The highest BCUT2D eigenvalue weighted by atomic mass is 16.1. The van der Waals surface area contributed by atoms with E-state index in [1.165, 1.54) is 6.20 Å². The van der Waals surface area contributed by atoms with Crippen LogP contribution in [0.2, 0.25) is 0 Å². The normalized spacial score (nSPS) is 10.0. The molecule has 0 radical (unpaired) electrons. The molecular formula is C15H19N5O. The number of rotatable bonds is 5. The van der Waals surface area contributed by atoms with E-state index in [0.29, 0.717) is 5.82 Å². The summed E-state index contributed by atoms with van der Waals surface area (Å²) in [5.74, 6) is 0.313. The van der Waals surface area contributed by atoms with Gasteiger partial charge in [0.25, 0.3) is 5.91 Å². The summed E-state index contributed by atoms with van der Waals surface area (Å²) in [5.41, 5.74) is 2.08. The van der Waals surface area contributed by atoms with Crippen molar-refractivity contribution in [1.82, 2.24) is 9.97 Å². The van der Waals surface area contributed by atoms with Crippen LogP contribution < -0.4 is 15.5 Å². The minimum Gasteiger partial charge on any atom is -0.378 e. The van der Waals surface area contributed by atoms with Crippen LogP contribution in [0.15, 0.2) is 36.7 Å². The van der Waals surface area contributed by atoms with Crippen LogP contribution in [-0.4, -0.2) is 36.5 Å². The highest BCUT2D eigenvalue weighted by Gasteiger charge is 2.09. The molecular weight excluding hydrogens is 266 g/mol. The molecule has 1 heterocycles. The van der Waals surface area contributed by atoms with Gasteiger partial charge in [0, 0.05) is 32.0 Å². The fourth-order valence-electron chi connectivity index (χ4n) is 1.78. The van der Waals surface area contributed by atoms with Crippen LogP contribution in [0.25, 0.3) is 0 Å². The van der Waals surface area contributed by atoms with E-state index < -0.39 is 0 Å². The van der Waals surface area contributed by atoms with Gasteiger partial charge in [0.15, 0.2) is 0 Å². The Labute approximate surface area is 124 Å². The molecule has 0 aliphatic rings. The third kappa shape index (κ3) is 3.92. The molecule has 0 spiro atoms. The van der Waals surface area contributed by atoms with Gasteiger partial charge < -0.3 is 15.5 Å². The smallest absolute Gasteiger partial charge is 0.275 e. The van der Waals surface area contributed by atoms with E-state index >= 15 is 0 Å². The molecule has 0 aliphatic carbocycles. The average molecular weight is 285 g/mol. The molecule has 1 amide bonds. The predicted molar refractivity (Wildman–Crippen MR) is 84.9 cm³/mol. The molecule has 21 heavy (non-hydrogen) atoms. The molecule has 2 rings (SSSR count). The summed E-state index contributed by atoms with van der Waals surface area (Å²) >= 11 is 0. The number of hydrogen-bond acceptors (Lipinski definition) is 5. The molecule has 0 bridgehead atoms. The number of carbonyl (C=O) groups is 1. The lowest BCUT2D eigenvalue weighted by Crippen LogP contribution is -2.15. The molecule has 6 heteroatoms. The van der Waals surface area contributed by atoms with Gasteiger partial charge in [0.05, 0.1) is 12.4 Å². The number of nitrogens with zero attached hydrogens (tertiary/aromatic N) is 3. The van der Waals surface area contributed by atoms with Crippen LogP contribution in [-0.2, 0) is 0 Å². The number of aromatic nitrogens is 2. The maximum Gasteiger partial charge on any atom is 0.275 e. The van der Waals surface area contributed by atoms with Crippen molar-refractivity contribution >= 4 is 23.1 Å². The molecule has 110 valence electrons. The van der Waals surface area contributed by atoms with E-state index in [-0.39, 0.29) is 11.6 Å². The van der Waals surface area contributed by atoms with E-state index in [2.05, 4.69) is 20.6 Å². The zero-order valence-corrected chi connectivity index (χ0v) is 12.4. The lowest BCUT2D eigenvalue weighted by molar-refractivity contribution is 0.102. The minimum absolute atomic E-state index is 0.278. The van der Waals surface area contributed by atoms with Crippen molar-refractivity contribution in [1.29, 1.82) is 0 Å². The monoisotopic (exact) mass is 285 g/mol. The lowest BCUT2D eigenvalue weighted by Gasteiger charge is -2.13. The van der Waals surface area contributed by atoms with Gasteiger partial charge in [-0.25, -0.2) is 4.98 Å². The average Bonchev–Trinajstić information content (AvgIpc) is 2.48. The zero-order valence-electron chi connectivity index (χ0n) is 12.4. The van der Waals surface area contributed by atoms with Crippen molar-refractivity contribution in [2.75, 3.05) is 36.2 Å². The van der Waals surface area contributed by atoms with Crippen LogP contribution in [0.3, 0.4) is 0 Å². The first-order valence-electron chi connectivity index (χ1n) is 6.75. The summed E-state index contributed by atoms with van der Waals surface area (Å²) in [7, 11) is 3.94. The van der Waals surface area contributed by atoms with Gasteiger partial charge in [-0.2, -0.15) is 0 Å². The zero-order chi connectivity index (χ0) is 15.2. The number of hydrogen-bond donors (Lipinski definition) is 2. The SMILES string of the molecule is CCNc1cncc(C(=O)Nc2ccc(N(C)C)cc2)n1. The third-order valence-electron chi connectivity index (χ3n) is 2.87. The van der Waals surface area contributed by atoms with Crippen molar-refractivity contribution in [3.8, 4) is 0 Å². The Balaban J connectivity index is 2.08. The molecule has 0 aliphatic heterocycles. The summed E-state index contributed by atoms with van der Waals surface area (Å²) in [6.45, 7) is 2.69. The van der Waals surface area contributed by atoms with E-state index in [0.717, 1.165) is 17.9 Å². The summed E-state index contributed by atoms with van der Waals surface area (Å²) in [4.78, 5) is 22.4. The van der Waals surface area contributed by atoms with Crippen molar-refractivity contribution in [2.45, 2.75) is 6.92 Å². The first-order valence-corrected chi connectivity index (χ1v) is 6.75. The molecule has 2 N–H and O–H groups in total. The highest BCUT2D eigenvalue weighted by Crippen LogP contribution is 2.16. The van der Waals surface area contributed by atoms with E-state index in [1.54, 1.807) is 6.20 Å². The number of benzene rings is 1. The Morgan fingerprint density at radius 2 is 1.90 bits per heavy atom. The second kappa shape index (κ2) is 6.69. The van der Waals surface area contributed by atoms with Crippen molar-refractivity contribution in [3.05, 3.63) is 42.4 Å². The molecule has 0 saturated heterocycles. The summed E-state index contributed by atoms with van der Waals surface area (Å²) in [6.07, 6.45) is 3.04. The maximum absolute atomic E-state index is 12.1. The molecule has 0 atom stereocenters. The fraction of sp³-hybridized carbons (Fsp3) is 0.267. The van der Waals surface area contributed by atoms with Gasteiger partial charge >= 0.3 is 0 Å². The van der Waals surface area contributed by atoms with Gasteiger partial charge in [0.2, 0.25) is 0 Å². The summed E-state index contributed by atoms with van der Waals surface area (Å²) in [5, 5.41) is 5.83. The molecule has 2 aromatic rings. The van der Waals surface area contributed by atoms with Crippen LogP contribution >= 0.6 is 0 Å². The summed E-state index contributed by atoms with van der Waals surface area (Å²) < 4.78 is 0. The van der Waals surface area contributed by atoms with Gasteiger partial charge in [-0.15, -0.1) is 0 Å². The number of anilines is 3. The van der Waals surface area contributed by atoms with Crippen LogP contribution in [0, 0.1) is 0 Å². The van der Waals surface area contributed by atoms with Gasteiger partial charge in [-0.05, 0) is 31.2 Å². The van der Waals surface area contributed by atoms with Crippen LogP contribution in [0.5, 0.6) is 0 Å². The Morgan fingerprint density at radius 3 is 2.52 bits per heavy atom. The number of carbonyl (C=O) groups excluding carboxylic acids is 1. The summed E-state index contributed by atoms with van der Waals surface area (Å²) in [6, 6.07) is 7.59. The third-order valence-corrected chi connectivity index (χ3v) is 2.87. The Kier molecular flexibility index (Phi) is 4.71. The molecule has 0 saturated carbocycles. The maximum atomic E-state index is 12.1. The second-order valence-corrected chi connectivity index (χ2v) is 4.72. The lowest BCUT2D eigenvalue weighted by atomic mass is 10.2. The van der Waals surface area contributed by atoms with Gasteiger partial charge in [-0.3, -0.25) is 9.78 Å². The largest absolute Gasteiger partial charge is 0.378 e. The first kappa shape index (κ1) is 14.8. The Morgan fingerprint density at radius 1 is 1.19 bits per heavy atom. The topological polar surface area (TPSA) is 70.2 Å². The van der Waals surface area contributed by atoms with Crippen molar-refractivity contribution < 1.29 is 4.79 Å². The second-order valence-electron chi connectivity index (χ2n) is 4.72. The number of amides is 1. The molecule has 0 unspecified atom stereocenters. The van der Waals surface area contributed by atoms with Crippen molar-refractivity contribution in [3.63, 3.8) is 0 Å². The standard InChI is InChI=1S/C15H19N5O/c1-4-17-14-10-16-9-13(19-14)15(21)18-11-5-7-12(8-6-11)20(2)3/h5-10H,4H2,1-3H3,(H,17,19)(H,18,21). The quantitative estimate of drug-likeness (QED) is 0.881. The molecule has 6 nitrogen and oxygen atoms in total. The fourth-order valence-corrected chi connectivity index (χ4v) is 1.78. The number of nitrogens with one attached hydrogen (secondary N) is 2. The van der Waals surface area contributed by atoms with Crippen LogP contribution in [0.4, 0.5) is 17.2 Å². The highest BCUT2D eigenvalue weighted by molar-refractivity contribution is 6.02. The van der Waals surface area contributed by atoms with Crippen molar-refractivity contribution in [2.24, 2.45) is 0 Å². The minimum atomic E-state index is -0.278. The van der Waals surface area contributed by atoms with E-state index in [1.807, 2.05) is 50.2 Å². The van der Waals surface area contributed by atoms with Gasteiger partial charge in [-0.1, -0.05) is 0 Å². The van der Waals surface area contributed by atoms with Gasteiger partial charge in [0.1, 0.15) is 11.5 Å². The van der Waals surface area contributed by atoms with E-state index in [4.69, 9.17) is 0 Å². The molecule has 1 aromatic carbocycles.